The minimum atomic E-state index is -0.401. The lowest BCUT2D eigenvalue weighted by Gasteiger charge is -1.96. The molecule has 0 aliphatic carbocycles. The van der Waals surface area contributed by atoms with Crippen molar-refractivity contribution < 1.29 is 0 Å². The molecule has 0 amide bonds. The van der Waals surface area contributed by atoms with E-state index in [0.29, 0.717) is 0 Å². The molecule has 0 bridgehead atoms. The number of nitrogens with zero attached hydrogens (tertiary/aromatic N) is 2. The molecule has 0 aromatic carbocycles. The maximum Gasteiger partial charge on any atom is 0.191 e. The lowest BCUT2D eigenvalue weighted by Crippen LogP contribution is -2.14. The molecule has 38 valence electrons. The van der Waals surface area contributed by atoms with Crippen LogP contribution in [0.3, 0.4) is 0 Å². The van der Waals surface area contributed by atoms with Crippen LogP contribution in [0.25, 0.3) is 0 Å². The van der Waals surface area contributed by atoms with Crippen LogP contribution in [0, 0.1) is 0 Å². The van der Waals surface area contributed by atoms with E-state index in [9.17, 15) is 0 Å². The molecule has 1 heterocycles. The summed E-state index contributed by atoms with van der Waals surface area (Å²) in [6.07, 6.45) is 2.31. The van der Waals surface area contributed by atoms with E-state index in [1.54, 1.807) is 0 Å². The van der Waals surface area contributed by atoms with Gasteiger partial charge in [-0.05, 0) is 0 Å². The van der Waals surface area contributed by atoms with Gasteiger partial charge in [0.2, 0.25) is 0 Å². The van der Waals surface area contributed by atoms with Gasteiger partial charge in [-0.3, -0.25) is 0 Å². The van der Waals surface area contributed by atoms with Gasteiger partial charge < -0.3 is 0 Å². The molecule has 0 aromatic heterocycles. The van der Waals surface area contributed by atoms with Crippen molar-refractivity contribution in [2.75, 3.05) is 0 Å². The molecule has 1 aliphatic rings. The normalized spacial score (nSPS) is 38.6. The standard InChI is InChI=1S/C3H2Cl2N2/c4-2-3(5)7-1-6-2/h2-3H. The third kappa shape index (κ3) is 0.983. The Kier molecular flexibility index (Phi) is 1.40. The van der Waals surface area contributed by atoms with Gasteiger partial charge in [0, 0.05) is 0 Å². The van der Waals surface area contributed by atoms with Crippen molar-refractivity contribution in [3.8, 4) is 0 Å². The summed E-state index contributed by atoms with van der Waals surface area (Å²) in [7, 11) is 0. The van der Waals surface area contributed by atoms with Crippen molar-refractivity contribution in [3.05, 3.63) is 0 Å². The van der Waals surface area contributed by atoms with Crippen molar-refractivity contribution in [3.63, 3.8) is 0 Å². The molecular formula is C3H2Cl2N2. The fourth-order valence-corrected chi connectivity index (χ4v) is 0.467. The van der Waals surface area contributed by atoms with Gasteiger partial charge in [-0.1, -0.05) is 23.2 Å². The summed E-state index contributed by atoms with van der Waals surface area (Å²) in [5.74, 6) is 0. The Morgan fingerprint density at radius 3 is 2.14 bits per heavy atom. The Morgan fingerprint density at radius 1 is 1.29 bits per heavy atom. The largest absolute Gasteiger partial charge is 0.240 e. The maximum atomic E-state index is 5.41. The molecule has 2 nitrogen and oxygen atoms in total. The average Bonchev–Trinajstić information content (AvgIpc) is 1.91. The predicted molar refractivity (Wildman–Crippen MR) is 28.9 cm³/mol. The lowest BCUT2D eigenvalue weighted by atomic mass is 10.7. The molecule has 0 aromatic rings. The summed E-state index contributed by atoms with van der Waals surface area (Å²) in [6.45, 7) is 0. The van der Waals surface area contributed by atoms with Gasteiger partial charge in [-0.25, -0.2) is 10.3 Å². The average molecular weight is 137 g/mol. The number of aliphatic imine (C=N–C) groups is 1. The molecule has 0 fully saturated rings. The van der Waals surface area contributed by atoms with Crippen LogP contribution in [0.2, 0.25) is 0 Å². The molecule has 2 atom stereocenters. The van der Waals surface area contributed by atoms with E-state index in [1.165, 1.54) is 0 Å². The third-order valence-electron chi connectivity index (χ3n) is 0.589. The Bertz CT molecular complexity index is 92.9. The highest BCUT2D eigenvalue weighted by atomic mass is 35.5. The van der Waals surface area contributed by atoms with E-state index < -0.39 is 11.0 Å². The highest BCUT2D eigenvalue weighted by Crippen LogP contribution is 2.12. The molecule has 7 heavy (non-hydrogen) atoms. The van der Waals surface area contributed by atoms with E-state index in [2.05, 4.69) is 16.6 Å². The Balaban J connectivity index is 2.45. The Morgan fingerprint density at radius 2 is 2.00 bits per heavy atom. The number of rotatable bonds is 0. The predicted octanol–water partition coefficient (Wildman–Crippen LogP) is 0.639. The summed E-state index contributed by atoms with van der Waals surface area (Å²) in [4.78, 5) is 3.53. The van der Waals surface area contributed by atoms with Gasteiger partial charge in [0.05, 0.1) is 0 Å². The topological polar surface area (TPSA) is 26.5 Å². The first-order valence-corrected chi connectivity index (χ1v) is 2.61. The Labute approximate surface area is 51.5 Å². The van der Waals surface area contributed by atoms with E-state index >= 15 is 0 Å². The van der Waals surface area contributed by atoms with Crippen LogP contribution in [0.5, 0.6) is 0 Å². The molecular weight excluding hydrogens is 135 g/mol. The minimum Gasteiger partial charge on any atom is -0.240 e. The van der Waals surface area contributed by atoms with Crippen LogP contribution in [0.15, 0.2) is 4.99 Å². The first-order chi connectivity index (χ1) is 3.30. The lowest BCUT2D eigenvalue weighted by molar-refractivity contribution is 0.817. The number of hydrogen-bond donors (Lipinski definition) is 0. The molecule has 0 N–H and O–H groups in total. The second-order valence-electron chi connectivity index (χ2n) is 1.10. The molecule has 2 unspecified atom stereocenters. The zero-order chi connectivity index (χ0) is 5.28. The maximum absolute atomic E-state index is 5.41. The highest BCUT2D eigenvalue weighted by Gasteiger charge is 2.19. The fourth-order valence-electron chi connectivity index (χ4n) is 0.267. The third-order valence-corrected chi connectivity index (χ3v) is 1.39. The summed E-state index contributed by atoms with van der Waals surface area (Å²) < 4.78 is 0. The van der Waals surface area contributed by atoms with E-state index in [0.717, 1.165) is 0 Å². The van der Waals surface area contributed by atoms with E-state index in [4.69, 9.17) is 23.2 Å². The summed E-state index contributed by atoms with van der Waals surface area (Å²) in [5.41, 5.74) is -0.802. The molecule has 1 aliphatic heterocycles. The fraction of sp³-hybridized carbons (Fsp3) is 0.667. The van der Waals surface area contributed by atoms with Gasteiger partial charge in [-0.2, -0.15) is 0 Å². The van der Waals surface area contributed by atoms with Crippen LogP contribution in [0.4, 0.5) is 0 Å². The molecule has 2 radical (unpaired) electrons. The van der Waals surface area contributed by atoms with Crippen molar-refractivity contribution in [1.29, 1.82) is 0 Å². The van der Waals surface area contributed by atoms with Crippen LogP contribution in [0.1, 0.15) is 0 Å². The first-order valence-electron chi connectivity index (χ1n) is 1.73. The van der Waals surface area contributed by atoms with Gasteiger partial charge in [-0.15, -0.1) is 0 Å². The number of alkyl halides is 2. The van der Waals surface area contributed by atoms with Crippen LogP contribution in [-0.4, -0.2) is 17.3 Å². The molecule has 0 saturated carbocycles. The van der Waals surface area contributed by atoms with E-state index in [-0.39, 0.29) is 0 Å². The zero-order valence-corrected chi connectivity index (χ0v) is 4.82. The van der Waals surface area contributed by atoms with Crippen molar-refractivity contribution in [1.82, 2.24) is 5.32 Å². The molecule has 1 rings (SSSR count). The van der Waals surface area contributed by atoms with Crippen LogP contribution in [-0.2, 0) is 0 Å². The molecule has 4 heteroatoms. The SMILES string of the molecule is ClC1[N][C]=NC1Cl. The Hall–Kier alpha value is 0.0500. The molecule has 0 saturated heterocycles. The zero-order valence-electron chi connectivity index (χ0n) is 3.31. The first kappa shape index (κ1) is 5.19. The number of hydrogen-bond acceptors (Lipinski definition) is 1. The monoisotopic (exact) mass is 136 g/mol. The highest BCUT2D eigenvalue weighted by molar-refractivity contribution is 6.30. The quantitative estimate of drug-likeness (QED) is 0.346. The van der Waals surface area contributed by atoms with Crippen molar-refractivity contribution in [2.24, 2.45) is 4.99 Å². The van der Waals surface area contributed by atoms with Crippen LogP contribution < -0.4 is 5.32 Å². The number of halogens is 2. The smallest absolute Gasteiger partial charge is 0.191 e. The van der Waals surface area contributed by atoms with Gasteiger partial charge in [0.25, 0.3) is 0 Å². The minimum absolute atomic E-state index is 0.401. The van der Waals surface area contributed by atoms with Crippen molar-refractivity contribution >= 4 is 29.5 Å². The summed E-state index contributed by atoms with van der Waals surface area (Å²) in [5, 5.41) is 3.53. The van der Waals surface area contributed by atoms with E-state index in [1.807, 2.05) is 0 Å². The van der Waals surface area contributed by atoms with Gasteiger partial charge in [0.1, 0.15) is 0 Å². The van der Waals surface area contributed by atoms with Gasteiger partial charge in [0.15, 0.2) is 17.3 Å². The second-order valence-corrected chi connectivity index (χ2v) is 2.00. The van der Waals surface area contributed by atoms with Crippen molar-refractivity contribution in [2.45, 2.75) is 11.0 Å². The molecule has 0 spiro atoms. The summed E-state index contributed by atoms with van der Waals surface area (Å²) >= 11 is 10.8. The van der Waals surface area contributed by atoms with Crippen LogP contribution >= 0.6 is 23.2 Å². The second kappa shape index (κ2) is 1.88. The summed E-state index contributed by atoms with van der Waals surface area (Å²) in [6, 6.07) is 0. The van der Waals surface area contributed by atoms with Gasteiger partial charge >= 0.3 is 0 Å².